The van der Waals surface area contributed by atoms with Crippen molar-refractivity contribution in [3.63, 3.8) is 0 Å². The summed E-state index contributed by atoms with van der Waals surface area (Å²) in [5.74, 6) is 2.08. The van der Waals surface area contributed by atoms with Gasteiger partial charge in [-0.05, 0) is 25.0 Å². The number of carbonyl (C=O) groups excluding carboxylic acids is 1. The molecule has 0 bridgehead atoms. The van der Waals surface area contributed by atoms with Gasteiger partial charge in [-0.3, -0.25) is 14.9 Å². The molecular formula is C13H12N2O3. The van der Waals surface area contributed by atoms with Crippen LogP contribution < -0.4 is 0 Å². The summed E-state index contributed by atoms with van der Waals surface area (Å²) in [4.78, 5) is 24.1. The third-order valence-electron chi connectivity index (χ3n) is 2.99. The van der Waals surface area contributed by atoms with Gasteiger partial charge in [-0.15, -0.1) is 6.42 Å². The summed E-state index contributed by atoms with van der Waals surface area (Å²) in [7, 11) is 0. The number of benzene rings is 1. The third kappa shape index (κ3) is 2.18. The smallest absolute Gasteiger partial charge is 0.285 e. The van der Waals surface area contributed by atoms with Gasteiger partial charge in [-0.1, -0.05) is 5.92 Å². The van der Waals surface area contributed by atoms with Crippen molar-refractivity contribution in [3.05, 3.63) is 39.4 Å². The van der Waals surface area contributed by atoms with E-state index in [9.17, 15) is 14.9 Å². The van der Waals surface area contributed by atoms with Crippen LogP contribution in [-0.2, 0) is 0 Å². The second-order valence-electron chi connectivity index (χ2n) is 4.13. The fraction of sp³-hybridized carbons (Fsp3) is 0.308. The van der Waals surface area contributed by atoms with E-state index >= 15 is 0 Å². The molecule has 1 heterocycles. The summed E-state index contributed by atoms with van der Waals surface area (Å²) < 4.78 is 0. The lowest BCUT2D eigenvalue weighted by molar-refractivity contribution is -0.385. The molecule has 2 rings (SSSR count). The lowest BCUT2D eigenvalue weighted by Gasteiger charge is -2.15. The van der Waals surface area contributed by atoms with Gasteiger partial charge >= 0.3 is 0 Å². The van der Waals surface area contributed by atoms with Crippen LogP contribution in [0.15, 0.2) is 18.2 Å². The van der Waals surface area contributed by atoms with Gasteiger partial charge in [0.2, 0.25) is 0 Å². The molecule has 18 heavy (non-hydrogen) atoms. The summed E-state index contributed by atoms with van der Waals surface area (Å²) in [6.07, 6.45) is 7.15. The molecule has 0 aliphatic carbocycles. The zero-order valence-corrected chi connectivity index (χ0v) is 9.76. The molecule has 1 aromatic carbocycles. The average Bonchev–Trinajstić information content (AvgIpc) is 2.90. The molecule has 1 amide bonds. The number of hydrogen-bond acceptors (Lipinski definition) is 3. The SMILES string of the molecule is C#Cc1ccc(C(=O)N2CCCC2)cc1[N+](=O)[O-]. The minimum atomic E-state index is -0.560. The van der Waals surface area contributed by atoms with E-state index in [2.05, 4.69) is 5.92 Å². The second kappa shape index (κ2) is 4.88. The Balaban J connectivity index is 2.35. The van der Waals surface area contributed by atoms with Crippen molar-refractivity contribution in [2.24, 2.45) is 0 Å². The first-order valence-electron chi connectivity index (χ1n) is 5.68. The number of likely N-dealkylation sites (tertiary alicyclic amines) is 1. The number of amides is 1. The average molecular weight is 244 g/mol. The molecule has 5 heteroatoms. The number of nitro benzene ring substituents is 1. The zero-order chi connectivity index (χ0) is 13.1. The number of nitro groups is 1. The summed E-state index contributed by atoms with van der Waals surface area (Å²) in [5, 5.41) is 10.9. The maximum Gasteiger partial charge on any atom is 0.285 e. The Hall–Kier alpha value is -2.35. The molecule has 0 atom stereocenters. The number of nitrogens with zero attached hydrogens (tertiary/aromatic N) is 2. The highest BCUT2D eigenvalue weighted by molar-refractivity contribution is 5.95. The van der Waals surface area contributed by atoms with Crippen LogP contribution >= 0.6 is 0 Å². The topological polar surface area (TPSA) is 63.5 Å². The lowest BCUT2D eigenvalue weighted by atomic mass is 10.1. The van der Waals surface area contributed by atoms with Crippen LogP contribution in [0.2, 0.25) is 0 Å². The van der Waals surface area contributed by atoms with Gasteiger partial charge in [0, 0.05) is 24.7 Å². The predicted molar refractivity (Wildman–Crippen MR) is 66.2 cm³/mol. The summed E-state index contributed by atoms with van der Waals surface area (Å²) in [6.45, 7) is 1.42. The normalized spacial score (nSPS) is 14.3. The van der Waals surface area contributed by atoms with Crippen molar-refractivity contribution in [2.45, 2.75) is 12.8 Å². The fourth-order valence-corrected chi connectivity index (χ4v) is 2.04. The highest BCUT2D eigenvalue weighted by atomic mass is 16.6. The standard InChI is InChI=1S/C13H12N2O3/c1-2-10-5-6-11(9-12(10)15(17)18)13(16)14-7-3-4-8-14/h1,5-6,9H,3-4,7-8H2. The monoisotopic (exact) mass is 244 g/mol. The fourth-order valence-electron chi connectivity index (χ4n) is 2.04. The Kier molecular flexibility index (Phi) is 3.28. The summed E-state index contributed by atoms with van der Waals surface area (Å²) in [5.41, 5.74) is 0.322. The second-order valence-corrected chi connectivity index (χ2v) is 4.13. The number of rotatable bonds is 2. The molecular weight excluding hydrogens is 232 g/mol. The summed E-state index contributed by atoms with van der Waals surface area (Å²) in [6, 6.07) is 4.25. The molecule has 0 spiro atoms. The molecule has 0 unspecified atom stereocenters. The van der Waals surface area contributed by atoms with Crippen LogP contribution in [0.5, 0.6) is 0 Å². The molecule has 1 fully saturated rings. The highest BCUT2D eigenvalue weighted by Gasteiger charge is 2.22. The van der Waals surface area contributed by atoms with Crippen LogP contribution in [0.3, 0.4) is 0 Å². The first-order chi connectivity index (χ1) is 8.63. The molecule has 0 radical (unpaired) electrons. The number of hydrogen-bond donors (Lipinski definition) is 0. The number of terminal acetylenes is 1. The molecule has 0 aromatic heterocycles. The molecule has 1 saturated heterocycles. The third-order valence-corrected chi connectivity index (χ3v) is 2.99. The molecule has 1 aromatic rings. The minimum Gasteiger partial charge on any atom is -0.339 e. The van der Waals surface area contributed by atoms with E-state index in [0.29, 0.717) is 18.7 Å². The molecule has 0 N–H and O–H groups in total. The quantitative estimate of drug-likeness (QED) is 0.453. The molecule has 1 aliphatic rings. The molecule has 92 valence electrons. The Labute approximate surface area is 105 Å². The predicted octanol–water partition coefficient (Wildman–Crippen LogP) is 1.81. The van der Waals surface area contributed by atoms with Crippen molar-refractivity contribution in [3.8, 4) is 12.3 Å². The van der Waals surface area contributed by atoms with E-state index < -0.39 is 4.92 Å². The first kappa shape index (κ1) is 12.1. The van der Waals surface area contributed by atoms with Crippen LogP contribution in [0.25, 0.3) is 0 Å². The molecule has 5 nitrogen and oxygen atoms in total. The van der Waals surface area contributed by atoms with E-state index in [4.69, 9.17) is 6.42 Å². The van der Waals surface area contributed by atoms with Crippen LogP contribution in [0, 0.1) is 22.5 Å². The maximum absolute atomic E-state index is 12.1. The van der Waals surface area contributed by atoms with Crippen molar-refractivity contribution in [2.75, 3.05) is 13.1 Å². The van der Waals surface area contributed by atoms with Gasteiger partial charge in [0.25, 0.3) is 11.6 Å². The van der Waals surface area contributed by atoms with E-state index in [1.165, 1.54) is 12.1 Å². The van der Waals surface area contributed by atoms with Gasteiger partial charge in [0.05, 0.1) is 4.92 Å². The zero-order valence-electron chi connectivity index (χ0n) is 9.76. The van der Waals surface area contributed by atoms with E-state index in [0.717, 1.165) is 12.8 Å². The Bertz CT molecular complexity index is 540. The van der Waals surface area contributed by atoms with E-state index in [-0.39, 0.29) is 17.2 Å². The minimum absolute atomic E-state index is 0.167. The van der Waals surface area contributed by atoms with Crippen molar-refractivity contribution >= 4 is 11.6 Å². The summed E-state index contributed by atoms with van der Waals surface area (Å²) >= 11 is 0. The van der Waals surface area contributed by atoms with Crippen molar-refractivity contribution < 1.29 is 9.72 Å². The van der Waals surface area contributed by atoms with Gasteiger partial charge in [-0.2, -0.15) is 0 Å². The lowest BCUT2D eigenvalue weighted by Crippen LogP contribution is -2.27. The van der Waals surface area contributed by atoms with Crippen molar-refractivity contribution in [1.82, 2.24) is 4.90 Å². The highest BCUT2D eigenvalue weighted by Crippen LogP contribution is 2.21. The van der Waals surface area contributed by atoms with Crippen LogP contribution in [0.4, 0.5) is 5.69 Å². The maximum atomic E-state index is 12.1. The molecule has 0 saturated carbocycles. The van der Waals surface area contributed by atoms with E-state index in [1.807, 2.05) is 0 Å². The van der Waals surface area contributed by atoms with Gasteiger partial charge in [0.15, 0.2) is 0 Å². The Morgan fingerprint density at radius 3 is 2.61 bits per heavy atom. The van der Waals surface area contributed by atoms with Gasteiger partial charge < -0.3 is 4.90 Å². The Morgan fingerprint density at radius 2 is 2.06 bits per heavy atom. The van der Waals surface area contributed by atoms with Crippen molar-refractivity contribution in [1.29, 1.82) is 0 Å². The van der Waals surface area contributed by atoms with Gasteiger partial charge in [-0.25, -0.2) is 0 Å². The van der Waals surface area contributed by atoms with E-state index in [1.54, 1.807) is 11.0 Å². The first-order valence-corrected chi connectivity index (χ1v) is 5.68. The molecule has 1 aliphatic heterocycles. The Morgan fingerprint density at radius 1 is 1.39 bits per heavy atom. The van der Waals surface area contributed by atoms with Gasteiger partial charge in [0.1, 0.15) is 5.56 Å². The number of carbonyl (C=O) groups is 1. The van der Waals surface area contributed by atoms with Crippen LogP contribution in [0.1, 0.15) is 28.8 Å². The largest absolute Gasteiger partial charge is 0.339 e. The van der Waals surface area contributed by atoms with Crippen LogP contribution in [-0.4, -0.2) is 28.8 Å².